The number of hydrogen-bond donors (Lipinski definition) is 5. The van der Waals surface area contributed by atoms with E-state index in [2.05, 4.69) is 325 Å². The molecule has 9 aromatic carbocycles. The summed E-state index contributed by atoms with van der Waals surface area (Å²) in [6, 6.07) is 40.0. The van der Waals surface area contributed by atoms with Crippen LogP contribution in [0.25, 0.3) is 33.4 Å². The Morgan fingerprint density at radius 3 is 0.742 bits per heavy atom. The Morgan fingerprint density at radius 1 is 0.288 bits per heavy atom. The first-order valence-corrected chi connectivity index (χ1v) is 58.0. The zero-order valence-electron chi connectivity index (χ0n) is 83.1. The van der Waals surface area contributed by atoms with Crippen molar-refractivity contribution >= 4 is 94.0 Å². The topological polar surface area (TPSA) is 152 Å². The average Bonchev–Trinajstić information content (AvgIpc) is 0.779. The summed E-state index contributed by atoms with van der Waals surface area (Å²) in [6.07, 6.45) is 30.5. The van der Waals surface area contributed by atoms with Gasteiger partial charge in [0.05, 0.1) is 13.4 Å². The molecule has 6 aliphatic rings. The number of rotatable bonds is 12. The van der Waals surface area contributed by atoms with Crippen molar-refractivity contribution in [1.29, 1.82) is 0 Å². The van der Waals surface area contributed by atoms with Gasteiger partial charge in [-0.2, -0.15) is 12.4 Å². The molecule has 0 amide bonds. The van der Waals surface area contributed by atoms with Crippen molar-refractivity contribution in [2.45, 2.75) is 342 Å². The van der Waals surface area contributed by atoms with Gasteiger partial charge >= 0.3 is 380 Å². The predicted molar refractivity (Wildman–Crippen MR) is 566 cm³/mol. The van der Waals surface area contributed by atoms with Gasteiger partial charge in [0.1, 0.15) is 28.7 Å². The van der Waals surface area contributed by atoms with Gasteiger partial charge in [-0.05, 0) is 323 Å². The van der Waals surface area contributed by atoms with Gasteiger partial charge in [0, 0.05) is 32.3 Å². The van der Waals surface area contributed by atoms with Crippen molar-refractivity contribution in [3.05, 3.63) is 251 Å². The number of phenolic OH excluding ortho intramolecular Hbond substituents is 5. The van der Waals surface area contributed by atoms with Crippen LogP contribution in [-0.2, 0) is 131 Å². The van der Waals surface area contributed by atoms with Gasteiger partial charge in [-0.1, -0.05) is 40.2 Å². The molecule has 5 N–H and O–H groups in total. The summed E-state index contributed by atoms with van der Waals surface area (Å²) in [6.45, 7) is 49.6. The van der Waals surface area contributed by atoms with Crippen molar-refractivity contribution in [1.82, 2.24) is 4.98 Å². The van der Waals surface area contributed by atoms with Crippen molar-refractivity contribution in [3.8, 4) is 62.1 Å². The maximum atomic E-state index is 11.0. The second-order valence-corrected chi connectivity index (χ2v) is 49.8. The number of halogens is 4. The molecule has 16 heteroatoms. The number of aryl methyl sites for hydroxylation is 6. The van der Waals surface area contributed by atoms with Gasteiger partial charge in [-0.15, -0.1) is 0 Å². The fraction of sp³-hybridized carbons (Fsp3) is 0.474. The first kappa shape index (κ1) is 108. The van der Waals surface area contributed by atoms with Crippen LogP contribution in [-0.4, -0.2) is 38.7 Å². The zero-order chi connectivity index (χ0) is 96.2. The first-order valence-electron chi connectivity index (χ1n) is 48.7. The maximum absolute atomic E-state index is 11.0. The summed E-state index contributed by atoms with van der Waals surface area (Å²) < 4.78 is 25.7. The second-order valence-electron chi connectivity index (χ2n) is 41.7. The van der Waals surface area contributed by atoms with Gasteiger partial charge in [-0.25, -0.2) is 0 Å². The van der Waals surface area contributed by atoms with Gasteiger partial charge in [0.25, 0.3) is 0 Å². The molecule has 0 aliphatic heterocycles. The Kier molecular flexibility index (Phi) is 41.2. The van der Waals surface area contributed by atoms with E-state index in [-0.39, 0.29) is 27.7 Å². The van der Waals surface area contributed by atoms with Crippen LogP contribution in [0.5, 0.6) is 28.7 Å². The van der Waals surface area contributed by atoms with E-state index in [4.69, 9.17) is 10.5 Å². The van der Waals surface area contributed by atoms with E-state index < -0.39 is 53.8 Å². The Morgan fingerprint density at radius 2 is 0.508 bits per heavy atom. The van der Waals surface area contributed by atoms with Crippen molar-refractivity contribution in [2.24, 2.45) is 26.7 Å². The summed E-state index contributed by atoms with van der Waals surface area (Å²) in [7, 11) is 0. The van der Waals surface area contributed by atoms with Gasteiger partial charge in [0.2, 0.25) is 0 Å². The molecule has 0 bridgehead atoms. The minimum atomic E-state index is -0.415. The number of benzene rings is 9. The monoisotopic (exact) mass is 2290 g/mol. The molecular weight excluding hydrogens is 2140 g/mol. The summed E-state index contributed by atoms with van der Waals surface area (Å²) in [5.74, 6) is 4.82. The normalized spacial score (nSPS) is 14.3. The zero-order valence-corrected chi connectivity index (χ0v) is 95.4. The van der Waals surface area contributed by atoms with E-state index in [1.165, 1.54) is 197 Å². The summed E-state index contributed by atoms with van der Waals surface area (Å²) in [5, 5.41) is 53.7. The molecule has 16 rings (SSSR count). The van der Waals surface area contributed by atoms with E-state index in [0.29, 0.717) is 52.8 Å². The van der Waals surface area contributed by atoms with E-state index in [0.717, 1.165) is 131 Å². The van der Waals surface area contributed by atoms with Crippen molar-refractivity contribution in [3.63, 3.8) is 0 Å². The molecule has 0 fully saturated rings. The van der Waals surface area contributed by atoms with Gasteiger partial charge < -0.3 is 30.5 Å². The molecule has 0 spiro atoms. The largest absolute Gasteiger partial charge is 0.670 e. The molecule has 10 aromatic rings. The molecule has 6 aliphatic carbocycles. The number of aromatic hydroxyl groups is 5. The molecule has 9 nitrogen and oxygen atoms in total. The molecule has 710 valence electrons. The fourth-order valence-corrected chi connectivity index (χ4v) is 25.6. The minimum Gasteiger partial charge on any atom is -0.670 e. The smallest absolute Gasteiger partial charge is 0.138 e. The number of aromatic nitrogens is 1. The third kappa shape index (κ3) is 29.2. The van der Waals surface area contributed by atoms with Crippen LogP contribution in [0.4, 0.5) is 17.1 Å². The predicted octanol–water partition coefficient (Wildman–Crippen LogP) is 34.9. The Labute approximate surface area is 851 Å². The summed E-state index contributed by atoms with van der Waals surface area (Å²) in [5.41, 5.74) is 36.1. The van der Waals surface area contributed by atoms with Crippen LogP contribution >= 0.6 is 63.7 Å². The Bertz CT molecular complexity index is 5200. The van der Waals surface area contributed by atoms with Gasteiger partial charge in [-0.3, -0.25) is 0 Å². The molecule has 0 unspecified atom stereocenters. The fourth-order valence-electron chi connectivity index (χ4n) is 18.7. The minimum absolute atomic E-state index is 0.261. The van der Waals surface area contributed by atoms with Gasteiger partial charge in [0.15, 0.2) is 0 Å². The number of nitrogens with zero attached hydrogens (tertiary/aromatic N) is 4. The first-order chi connectivity index (χ1) is 62.6. The quantitative estimate of drug-likeness (QED) is 0.0768. The molecule has 0 saturated carbocycles. The molecule has 132 heavy (non-hydrogen) atoms. The van der Waals surface area contributed by atoms with Crippen molar-refractivity contribution in [2.75, 3.05) is 0 Å². The van der Waals surface area contributed by atoms with Crippen LogP contribution in [0.3, 0.4) is 0 Å². The van der Waals surface area contributed by atoms with Crippen LogP contribution in [0.2, 0.25) is 0 Å². The third-order valence-electron chi connectivity index (χ3n) is 25.5. The summed E-state index contributed by atoms with van der Waals surface area (Å²) in [4.78, 5) is 3.72. The van der Waals surface area contributed by atoms with E-state index >= 15 is 0 Å². The Balaban J connectivity index is 0.000000163. The van der Waals surface area contributed by atoms with Crippen molar-refractivity contribution < 1.29 is 79.3 Å². The van der Waals surface area contributed by atoms with E-state index in [9.17, 15) is 25.5 Å². The number of fused-ring (bicyclic) bond motifs is 6. The molecule has 0 saturated heterocycles. The molecule has 0 radical (unpaired) electrons. The second kappa shape index (κ2) is 50.2. The standard InChI is InChI=1S/C21H22Br2O.C20H20Br2O2.C20H22O2.3C12H17N.3C5H10.C4H4N.3Mo/c1-12-17(22)10-13-6-2-4-8-15(13)19(12)20-16-9-5-3-7-14(16)11-18(23)21(20)24;21-15-9-11-5-1-3-7-13(11)17(19(15)23)18-14-8-4-2-6-12(14)10-16(22)20(18)24;21-17-11-9-13-5-1-3-7-15(13)19(17)20-16-8-4-2-6-14(16)10-12-18(20)22;3*1-8(2)10-6-5-7-11(9(3)4)12(10)13;3*1-5(2,3)4;1-2-4-5-3-1;;;/h10-11,24H,2-9H2,1H3;9-10,23-24H,1-8H2;9-12,21-22H,1-8H2;3*5-9H,1-4H3;3*1H,2-4H3;1-4H;;;/q;;;;;;;;;-1;;;. The van der Waals surface area contributed by atoms with Crippen LogP contribution in [0.1, 0.15) is 364 Å². The maximum Gasteiger partial charge on any atom is 0.138 e. The molecule has 1 aromatic heterocycles. The SMILES string of the molecule is CC(C)c1cccc(C(C)C)c1[N]=[Mo]=[CH]C(C)(C)C.CC(C)c1cccc(C(C)C)c1[N]=[Mo]=[CH]C(C)(C)C.CC(C)c1cccc(C(C)C)c1[N]=[Mo]=[CH]C(C)(C)C.Cc1c(Br)cc2c(c1-c1c(O)c(Br)cc3c1CCCC3)CCCC2.Oc1c(Br)cc2c(c1-c1c(O)c(Br)cc3c1CCCC3)CCCC2.Oc1ccc2c(c1-c1c(O)ccc3c1CCCC3)CCCC2.c1cc[n-]c1. The van der Waals surface area contributed by atoms with E-state index in [1.54, 1.807) is 24.5 Å². The molecule has 0 atom stereocenters. The number of phenols is 5. The third-order valence-corrected chi connectivity index (χ3v) is 36.2. The average molecular weight is 2290 g/mol. The molecular formula is C116H149Br4Mo3N4O5-. The van der Waals surface area contributed by atoms with Crippen LogP contribution in [0.15, 0.2) is 156 Å². The van der Waals surface area contributed by atoms with Crippen LogP contribution < -0.4 is 4.98 Å². The van der Waals surface area contributed by atoms with E-state index in [1.807, 2.05) is 12.1 Å². The molecule has 1 heterocycles. The van der Waals surface area contributed by atoms with Crippen LogP contribution in [0, 0.1) is 23.2 Å². The summed E-state index contributed by atoms with van der Waals surface area (Å²) >= 11 is 13.2. The number of hydrogen-bond acceptors (Lipinski definition) is 8. The Hall–Kier alpha value is -5.75.